The minimum absolute atomic E-state index is 0.163. The van der Waals surface area contributed by atoms with Gasteiger partial charge in [0.25, 0.3) is 0 Å². The van der Waals surface area contributed by atoms with Crippen LogP contribution in [0.3, 0.4) is 0 Å². The van der Waals surface area contributed by atoms with Crippen molar-refractivity contribution >= 4 is 44.6 Å². The van der Waals surface area contributed by atoms with E-state index in [0.29, 0.717) is 23.8 Å². The summed E-state index contributed by atoms with van der Waals surface area (Å²) in [5.41, 5.74) is 0.336. The Bertz CT molecular complexity index is 1000. The predicted molar refractivity (Wildman–Crippen MR) is 124 cm³/mol. The number of sulfonamides is 1. The lowest BCUT2D eigenvalue weighted by Gasteiger charge is -2.34. The molecule has 0 unspecified atom stereocenters. The van der Waals surface area contributed by atoms with E-state index < -0.39 is 10.0 Å². The molecule has 10 heteroatoms. The molecule has 0 spiro atoms. The maximum atomic E-state index is 12.8. The lowest BCUT2D eigenvalue weighted by molar-refractivity contribution is -0.117. The highest BCUT2D eigenvalue weighted by atomic mass is 35.5. The second-order valence-electron chi connectivity index (χ2n) is 7.93. The normalized spacial score (nSPS) is 19.0. The van der Waals surface area contributed by atoms with Gasteiger partial charge in [-0.1, -0.05) is 17.7 Å². The first-order valence-electron chi connectivity index (χ1n) is 10.5. The molecule has 0 atom stereocenters. The second kappa shape index (κ2) is 9.97. The number of carbonyl (C=O) groups excluding carboxylic acids is 1. The van der Waals surface area contributed by atoms with Gasteiger partial charge in [0.2, 0.25) is 15.9 Å². The SMILES string of the molecule is O=C(CN1CCN(Cc2cccs2)CC1)Nc1cc(S(=O)(=O)N2CCCC2)ccc1Cl. The predicted octanol–water partition coefficient (Wildman–Crippen LogP) is 2.94. The molecule has 1 aromatic heterocycles. The van der Waals surface area contributed by atoms with E-state index in [1.165, 1.54) is 27.4 Å². The van der Waals surface area contributed by atoms with Crippen LogP contribution >= 0.6 is 22.9 Å². The van der Waals surface area contributed by atoms with Crippen molar-refractivity contribution in [1.82, 2.24) is 14.1 Å². The minimum atomic E-state index is -3.56. The first-order chi connectivity index (χ1) is 14.9. The summed E-state index contributed by atoms with van der Waals surface area (Å²) in [6, 6.07) is 8.71. The zero-order valence-corrected chi connectivity index (χ0v) is 19.7. The monoisotopic (exact) mass is 482 g/mol. The van der Waals surface area contributed by atoms with Gasteiger partial charge in [-0.2, -0.15) is 4.31 Å². The van der Waals surface area contributed by atoms with Gasteiger partial charge in [-0.3, -0.25) is 14.6 Å². The van der Waals surface area contributed by atoms with Gasteiger partial charge >= 0.3 is 0 Å². The van der Waals surface area contributed by atoms with Gasteiger partial charge in [0.05, 0.1) is 22.2 Å². The number of halogens is 1. The zero-order chi connectivity index (χ0) is 21.8. The Kier molecular flexibility index (Phi) is 7.30. The molecule has 2 aliphatic rings. The standard InChI is InChI=1S/C21H27ClN4O3S2/c22-19-6-5-18(31(28,29)26-7-1-2-8-26)14-20(19)23-21(27)16-25-11-9-24(10-12-25)15-17-4-3-13-30-17/h3-6,13-14H,1-2,7-12,15-16H2,(H,23,27). The summed E-state index contributed by atoms with van der Waals surface area (Å²) < 4.78 is 27.1. The van der Waals surface area contributed by atoms with Crippen LogP contribution < -0.4 is 5.32 Å². The summed E-state index contributed by atoms with van der Waals surface area (Å²) in [5, 5.41) is 5.22. The maximum absolute atomic E-state index is 12.8. The fourth-order valence-corrected chi connectivity index (χ4v) is 6.41. The van der Waals surface area contributed by atoms with Crippen molar-refractivity contribution in [2.24, 2.45) is 0 Å². The van der Waals surface area contributed by atoms with E-state index >= 15 is 0 Å². The van der Waals surface area contributed by atoms with Gasteiger partial charge in [-0.15, -0.1) is 11.3 Å². The molecule has 1 N–H and O–H groups in total. The van der Waals surface area contributed by atoms with Crippen LogP contribution in [0.1, 0.15) is 17.7 Å². The van der Waals surface area contributed by atoms with Gasteiger partial charge in [0.1, 0.15) is 0 Å². The van der Waals surface area contributed by atoms with Crippen molar-refractivity contribution < 1.29 is 13.2 Å². The minimum Gasteiger partial charge on any atom is -0.324 e. The molecule has 2 fully saturated rings. The Morgan fingerprint density at radius 2 is 1.74 bits per heavy atom. The van der Waals surface area contributed by atoms with E-state index in [-0.39, 0.29) is 17.3 Å². The number of thiophene rings is 1. The van der Waals surface area contributed by atoms with Gasteiger partial charge in [-0.25, -0.2) is 8.42 Å². The van der Waals surface area contributed by atoms with Gasteiger partial charge in [0, 0.05) is 50.7 Å². The number of hydrogen-bond acceptors (Lipinski definition) is 6. The Morgan fingerprint density at radius 1 is 1.03 bits per heavy atom. The molecule has 7 nitrogen and oxygen atoms in total. The van der Waals surface area contributed by atoms with Crippen molar-refractivity contribution in [1.29, 1.82) is 0 Å². The van der Waals surface area contributed by atoms with E-state index in [1.807, 2.05) is 0 Å². The van der Waals surface area contributed by atoms with E-state index in [4.69, 9.17) is 11.6 Å². The van der Waals surface area contributed by atoms with E-state index in [0.717, 1.165) is 45.6 Å². The number of amides is 1. The molecular formula is C21H27ClN4O3S2. The lowest BCUT2D eigenvalue weighted by atomic mass is 10.3. The van der Waals surface area contributed by atoms with Crippen molar-refractivity contribution in [2.45, 2.75) is 24.3 Å². The molecule has 2 aliphatic heterocycles. The average Bonchev–Trinajstić information content (AvgIpc) is 3.45. The van der Waals surface area contributed by atoms with Gasteiger partial charge in [-0.05, 0) is 42.5 Å². The van der Waals surface area contributed by atoms with Crippen LogP contribution in [0.4, 0.5) is 5.69 Å². The van der Waals surface area contributed by atoms with Crippen LogP contribution in [0.15, 0.2) is 40.6 Å². The molecule has 31 heavy (non-hydrogen) atoms. The number of carbonyl (C=O) groups is 1. The summed E-state index contributed by atoms with van der Waals surface area (Å²) in [6.07, 6.45) is 1.74. The van der Waals surface area contributed by atoms with Crippen LogP contribution in [0.2, 0.25) is 5.02 Å². The third kappa shape index (κ3) is 5.66. The van der Waals surface area contributed by atoms with Gasteiger partial charge < -0.3 is 5.32 Å². The Balaban J connectivity index is 1.32. The van der Waals surface area contributed by atoms with Crippen molar-refractivity contribution in [3.05, 3.63) is 45.6 Å². The summed E-state index contributed by atoms with van der Waals surface area (Å²) in [5.74, 6) is -0.190. The number of hydrogen-bond donors (Lipinski definition) is 1. The quantitative estimate of drug-likeness (QED) is 0.656. The molecule has 1 aromatic carbocycles. The summed E-state index contributed by atoms with van der Waals surface area (Å²) in [7, 11) is -3.56. The van der Waals surface area contributed by atoms with E-state index in [2.05, 4.69) is 32.6 Å². The fraction of sp³-hybridized carbons (Fsp3) is 0.476. The maximum Gasteiger partial charge on any atom is 0.243 e. The van der Waals surface area contributed by atoms with Crippen molar-refractivity contribution in [2.75, 3.05) is 51.1 Å². The molecule has 0 radical (unpaired) electrons. The van der Waals surface area contributed by atoms with Crippen LogP contribution in [0.5, 0.6) is 0 Å². The highest BCUT2D eigenvalue weighted by Gasteiger charge is 2.28. The highest BCUT2D eigenvalue weighted by molar-refractivity contribution is 7.89. The van der Waals surface area contributed by atoms with Gasteiger partial charge in [0.15, 0.2) is 0 Å². The molecule has 0 saturated carbocycles. The van der Waals surface area contributed by atoms with Crippen LogP contribution in [-0.4, -0.2) is 74.2 Å². The molecule has 1 amide bonds. The molecule has 3 heterocycles. The average molecular weight is 483 g/mol. The molecule has 0 aliphatic carbocycles. The number of nitrogens with zero attached hydrogens (tertiary/aromatic N) is 3. The molecule has 2 saturated heterocycles. The number of benzene rings is 1. The Hall–Kier alpha value is -1.49. The topological polar surface area (TPSA) is 73.0 Å². The number of rotatable bonds is 7. The summed E-state index contributed by atoms with van der Waals surface area (Å²) in [4.78, 5) is 18.6. The number of anilines is 1. The first kappa shape index (κ1) is 22.7. The molecule has 2 aromatic rings. The fourth-order valence-electron chi connectivity index (χ4n) is 3.96. The zero-order valence-electron chi connectivity index (χ0n) is 17.3. The highest BCUT2D eigenvalue weighted by Crippen LogP contribution is 2.28. The third-order valence-corrected chi connectivity index (χ3v) is 8.79. The molecule has 4 rings (SSSR count). The number of nitrogens with one attached hydrogen (secondary N) is 1. The first-order valence-corrected chi connectivity index (χ1v) is 13.2. The number of piperazine rings is 1. The Morgan fingerprint density at radius 3 is 2.42 bits per heavy atom. The Labute approximate surface area is 192 Å². The lowest BCUT2D eigenvalue weighted by Crippen LogP contribution is -2.48. The largest absolute Gasteiger partial charge is 0.324 e. The van der Waals surface area contributed by atoms with E-state index in [1.54, 1.807) is 11.3 Å². The third-order valence-electron chi connectivity index (χ3n) is 5.71. The molecular weight excluding hydrogens is 456 g/mol. The molecule has 0 bridgehead atoms. The van der Waals surface area contributed by atoms with Crippen LogP contribution in [0.25, 0.3) is 0 Å². The van der Waals surface area contributed by atoms with Crippen LogP contribution in [0, 0.1) is 0 Å². The van der Waals surface area contributed by atoms with Crippen LogP contribution in [-0.2, 0) is 21.4 Å². The molecule has 168 valence electrons. The van der Waals surface area contributed by atoms with Crippen molar-refractivity contribution in [3.8, 4) is 0 Å². The summed E-state index contributed by atoms with van der Waals surface area (Å²) >= 11 is 8.00. The smallest absolute Gasteiger partial charge is 0.243 e. The second-order valence-corrected chi connectivity index (χ2v) is 11.3. The van der Waals surface area contributed by atoms with Crippen molar-refractivity contribution in [3.63, 3.8) is 0 Å². The summed E-state index contributed by atoms with van der Waals surface area (Å²) in [6.45, 7) is 5.73. The van der Waals surface area contributed by atoms with E-state index in [9.17, 15) is 13.2 Å².